The van der Waals surface area contributed by atoms with E-state index in [9.17, 15) is 14.4 Å². The van der Waals surface area contributed by atoms with Crippen LogP contribution < -0.4 is 34.6 Å². The fourth-order valence-electron chi connectivity index (χ4n) is 13.4. The first-order valence-electron chi connectivity index (χ1n) is 35.6. The molecule has 0 unspecified atom stereocenters. The molecule has 12 rings (SSSR count). The average molecular weight is 1600 g/mol. The van der Waals surface area contributed by atoms with Gasteiger partial charge in [-0.2, -0.15) is 0 Å². The first-order valence-corrected chi connectivity index (χ1v) is 37.9. The predicted molar refractivity (Wildman–Crippen MR) is 423 cm³/mol. The molecule has 0 bridgehead atoms. The number of halogens is 6. The quantitative estimate of drug-likeness (QED) is 0.0332. The highest BCUT2D eigenvalue weighted by Gasteiger charge is 2.34. The number of anilines is 3. The van der Waals surface area contributed by atoms with Crippen LogP contribution in [0.1, 0.15) is 90.7 Å². The summed E-state index contributed by atoms with van der Waals surface area (Å²) < 4.78 is 32.4. The first-order chi connectivity index (χ1) is 52.1. The van der Waals surface area contributed by atoms with Crippen molar-refractivity contribution in [1.82, 2.24) is 43.4 Å². The number of benzene rings is 6. The summed E-state index contributed by atoms with van der Waals surface area (Å²) in [6.45, 7) is 20.0. The van der Waals surface area contributed by atoms with Gasteiger partial charge in [-0.25, -0.2) is 24.5 Å². The van der Waals surface area contributed by atoms with Crippen LogP contribution in [0.15, 0.2) is 146 Å². The lowest BCUT2D eigenvalue weighted by atomic mass is 10.0. The molecule has 0 spiro atoms. The molecular weight excluding hydrogens is 1510 g/mol. The number of hydrogen-bond donors (Lipinski definition) is 4. The number of carbonyl (C=O) groups excluding carboxylic acids is 3. The molecule has 6 heterocycles. The molecule has 1 amide bonds. The molecule has 5 N–H and O–H groups in total. The Labute approximate surface area is 659 Å². The minimum absolute atomic E-state index is 0.0529. The van der Waals surface area contributed by atoms with Crippen LogP contribution in [0.2, 0.25) is 30.1 Å². The zero-order chi connectivity index (χ0) is 77.0. The number of methoxy groups -OCH3 is 1. The molecule has 3 atom stereocenters. The van der Waals surface area contributed by atoms with Crippen molar-refractivity contribution in [3.63, 3.8) is 0 Å². The Morgan fingerprint density at radius 3 is 1.02 bits per heavy atom. The van der Waals surface area contributed by atoms with Crippen LogP contribution >= 0.6 is 69.6 Å². The second-order valence-corrected chi connectivity index (χ2v) is 28.4. The SMILES string of the molecule is CCOC(=O)c1cn(CCN2CCN(c3ccc(OCCO)cc3Cl)[C@H](c3ccc(Cl)cc3)C2)c(C)n1.COC(=O)c1cn(CCN2CCN(c3ccc(OCCO)cc3Cl)[C@H](c3ccc(Cl)cc3)C2)c(C)n1.Cc1nc(C(N)=O)cn1CCN1CCN(c2ccc(OCCO)cc2Cl)[C@H](c2ccc(Cl)cc2)C1. The van der Waals surface area contributed by atoms with Crippen molar-refractivity contribution in [2.24, 2.45) is 5.73 Å². The van der Waals surface area contributed by atoms with E-state index in [1.54, 1.807) is 43.7 Å². The molecule has 0 aliphatic carbocycles. The number of piperazine rings is 3. The second-order valence-electron chi connectivity index (χ2n) is 25.9. The van der Waals surface area contributed by atoms with E-state index in [0.717, 1.165) is 130 Å². The largest absolute Gasteiger partial charge is 0.491 e. The van der Waals surface area contributed by atoms with Gasteiger partial charge >= 0.3 is 11.9 Å². The number of aryl methyl sites for hydroxylation is 3. The van der Waals surface area contributed by atoms with E-state index in [4.69, 9.17) is 114 Å². The first kappa shape index (κ1) is 82.2. The Balaban J connectivity index is 0.000000173. The summed E-state index contributed by atoms with van der Waals surface area (Å²) in [6, 6.07) is 40.9. The normalized spacial score (nSPS) is 16.3. The molecule has 30 heteroatoms. The fraction of sp³-hybridized carbons (Fsp3) is 0.385. The number of primary amides is 1. The lowest BCUT2D eigenvalue weighted by Crippen LogP contribution is -2.49. The minimum atomic E-state index is -0.520. The van der Waals surface area contributed by atoms with Gasteiger partial charge < -0.3 is 73.1 Å². The molecule has 0 saturated carbocycles. The van der Waals surface area contributed by atoms with Gasteiger partial charge in [0.2, 0.25) is 0 Å². The van der Waals surface area contributed by atoms with Crippen LogP contribution in [-0.2, 0) is 29.1 Å². The number of rotatable bonds is 28. The van der Waals surface area contributed by atoms with E-state index in [1.807, 2.05) is 107 Å². The van der Waals surface area contributed by atoms with E-state index in [-0.39, 0.29) is 63.5 Å². The average Bonchev–Trinajstić information content (AvgIpc) is 1.06. The lowest BCUT2D eigenvalue weighted by molar-refractivity contribution is 0.0518. The van der Waals surface area contributed by atoms with Gasteiger partial charge in [-0.15, -0.1) is 0 Å². The third-order valence-electron chi connectivity index (χ3n) is 19.0. The van der Waals surface area contributed by atoms with Crippen molar-refractivity contribution < 1.29 is 53.4 Å². The number of ether oxygens (including phenoxy) is 5. The van der Waals surface area contributed by atoms with Gasteiger partial charge in [0.05, 0.1) is 83.8 Å². The van der Waals surface area contributed by atoms with Crippen molar-refractivity contribution >= 4 is 105 Å². The molecule has 24 nitrogen and oxygen atoms in total. The van der Waals surface area contributed by atoms with Crippen molar-refractivity contribution in [3.05, 3.63) is 227 Å². The molecule has 3 saturated heterocycles. The Kier molecular flexibility index (Phi) is 30.3. The Morgan fingerprint density at radius 2 is 0.741 bits per heavy atom. The van der Waals surface area contributed by atoms with Crippen molar-refractivity contribution in [1.29, 1.82) is 0 Å². The summed E-state index contributed by atoms with van der Waals surface area (Å²) in [7, 11) is 1.36. The Hall–Kier alpha value is -8.34. The smallest absolute Gasteiger partial charge is 0.358 e. The third-order valence-corrected chi connectivity index (χ3v) is 20.6. The van der Waals surface area contributed by atoms with Gasteiger partial charge in [0.15, 0.2) is 11.4 Å². The van der Waals surface area contributed by atoms with Crippen molar-refractivity contribution in [3.8, 4) is 17.2 Å². The predicted octanol–water partition coefficient (Wildman–Crippen LogP) is 12.4. The molecule has 6 aromatic carbocycles. The highest BCUT2D eigenvalue weighted by molar-refractivity contribution is 6.34. The van der Waals surface area contributed by atoms with Crippen LogP contribution in [0, 0.1) is 20.8 Å². The molecule has 108 heavy (non-hydrogen) atoms. The van der Waals surface area contributed by atoms with Gasteiger partial charge in [-0.1, -0.05) is 106 Å². The molecule has 3 aliphatic rings. The Bertz CT molecular complexity index is 4440. The summed E-state index contributed by atoms with van der Waals surface area (Å²) in [4.78, 5) is 62.4. The standard InChI is InChI=1S/C27H32Cl2N4O4.C26H30Cl2N4O4.C25H29Cl2N5O3/c1-3-36-27(35)24-17-32(19(2)30-24)12-10-31-11-13-33(26(18-31)20-4-6-21(28)7-5-20)25-9-8-22(16-23(25)29)37-15-14-34;1-18-29-23(26(34)35-2)16-31(18)11-9-30-10-12-32(25(17-30)19-3-5-20(27)6-4-19)24-8-7-21(15-22(24)28)36-14-13-33;1-17-29-22(25(28)34)15-31(17)10-8-30-9-11-32(24(16-30)18-2-4-19(26)5-3-18)23-7-6-20(14-21(23)27)35-13-12-33/h4-9,16-17,26,34H,3,10-15,18H2,1-2H3;3-8,15-16,25,33H,9-14,17H2,1-2H3;2-7,14-15,24,33H,8-13,16H2,1H3,(H2,28,34)/t26-;25-;24-/m000/s1. The number of hydrogen-bond acceptors (Lipinski definition) is 20. The van der Waals surface area contributed by atoms with E-state index >= 15 is 0 Å². The van der Waals surface area contributed by atoms with E-state index < -0.39 is 17.8 Å². The number of aliphatic hydroxyl groups excluding tert-OH is 3. The number of nitrogens with zero attached hydrogens (tertiary/aromatic N) is 12. The van der Waals surface area contributed by atoms with Crippen LogP contribution in [0.5, 0.6) is 17.2 Å². The number of aromatic nitrogens is 6. The van der Waals surface area contributed by atoms with Crippen molar-refractivity contribution in [2.75, 3.05) is 147 Å². The maximum atomic E-state index is 12.1. The van der Waals surface area contributed by atoms with Gasteiger partial charge in [-0.3, -0.25) is 19.5 Å². The lowest BCUT2D eigenvalue weighted by Gasteiger charge is -2.43. The van der Waals surface area contributed by atoms with Crippen LogP contribution in [0.25, 0.3) is 0 Å². The van der Waals surface area contributed by atoms with Crippen molar-refractivity contribution in [2.45, 2.75) is 65.5 Å². The number of esters is 2. The highest BCUT2D eigenvalue weighted by Crippen LogP contribution is 2.41. The van der Waals surface area contributed by atoms with Crippen LogP contribution in [0.3, 0.4) is 0 Å². The number of nitrogens with two attached hydrogens (primary N) is 1. The monoisotopic (exact) mass is 1600 g/mol. The third kappa shape index (κ3) is 22.0. The van der Waals surface area contributed by atoms with Gasteiger partial charge in [0.1, 0.15) is 60.2 Å². The van der Waals surface area contributed by atoms with E-state index in [2.05, 4.69) is 80.7 Å². The molecule has 3 fully saturated rings. The maximum Gasteiger partial charge on any atom is 0.358 e. The zero-order valence-corrected chi connectivity index (χ0v) is 65.5. The fourth-order valence-corrected chi connectivity index (χ4v) is 14.6. The number of imidazole rings is 3. The second kappa shape index (κ2) is 39.9. The van der Waals surface area contributed by atoms with E-state index in [1.165, 1.54) is 7.11 Å². The van der Waals surface area contributed by atoms with Crippen LogP contribution in [-0.4, -0.2) is 208 Å². The summed E-state index contributed by atoms with van der Waals surface area (Å²) in [5.41, 5.74) is 12.5. The van der Waals surface area contributed by atoms with E-state index in [0.29, 0.717) is 85.0 Å². The summed E-state index contributed by atoms with van der Waals surface area (Å²) in [5.74, 6) is 2.85. The van der Waals surface area contributed by atoms with Crippen LogP contribution in [0.4, 0.5) is 17.1 Å². The molecular formula is C78H91Cl6N13O11. The number of aliphatic hydroxyl groups is 3. The molecule has 9 aromatic rings. The van der Waals surface area contributed by atoms with Gasteiger partial charge in [0.25, 0.3) is 5.91 Å². The maximum absolute atomic E-state index is 12.1. The molecule has 3 aromatic heterocycles. The van der Waals surface area contributed by atoms with Gasteiger partial charge in [0, 0.05) is 150 Å². The molecule has 576 valence electrons. The molecule has 3 aliphatic heterocycles. The number of carbonyl (C=O) groups is 3. The highest BCUT2D eigenvalue weighted by atomic mass is 35.5. The number of amides is 1. The minimum Gasteiger partial charge on any atom is -0.491 e. The Morgan fingerprint density at radius 1 is 0.435 bits per heavy atom. The summed E-state index contributed by atoms with van der Waals surface area (Å²) >= 11 is 38.6. The zero-order valence-electron chi connectivity index (χ0n) is 61.0. The van der Waals surface area contributed by atoms with Gasteiger partial charge in [-0.05, 0) is 117 Å². The summed E-state index contributed by atoms with van der Waals surface area (Å²) in [5, 5.41) is 30.9. The topological polar surface area (TPSA) is 257 Å². The molecule has 0 radical (unpaired) electrons. The summed E-state index contributed by atoms with van der Waals surface area (Å²) in [6.07, 6.45) is 5.22.